The standard InChI is InChI=1S/C15H14ClF2NO/c1-2-19-9-10-3-6-15(14(18)7-10)20-11-4-5-13(17)12(16)8-11/h3-8,19H,2,9H2,1H3. The highest BCUT2D eigenvalue weighted by atomic mass is 35.5. The maximum Gasteiger partial charge on any atom is 0.166 e. The van der Waals surface area contributed by atoms with E-state index in [1.54, 1.807) is 12.1 Å². The molecule has 0 bridgehead atoms. The third kappa shape index (κ3) is 3.68. The quantitative estimate of drug-likeness (QED) is 0.876. The Morgan fingerprint density at radius 1 is 1.10 bits per heavy atom. The zero-order valence-electron chi connectivity index (χ0n) is 10.9. The molecule has 5 heteroatoms. The van der Waals surface area contributed by atoms with Gasteiger partial charge in [0.15, 0.2) is 11.6 Å². The van der Waals surface area contributed by atoms with Gasteiger partial charge in [0.05, 0.1) is 5.02 Å². The van der Waals surface area contributed by atoms with Crippen molar-refractivity contribution in [2.75, 3.05) is 6.54 Å². The van der Waals surface area contributed by atoms with Crippen molar-refractivity contribution in [1.82, 2.24) is 5.32 Å². The van der Waals surface area contributed by atoms with Crippen molar-refractivity contribution >= 4 is 11.6 Å². The molecule has 0 radical (unpaired) electrons. The van der Waals surface area contributed by atoms with Crippen LogP contribution in [0.15, 0.2) is 36.4 Å². The number of hydrogen-bond acceptors (Lipinski definition) is 2. The Morgan fingerprint density at radius 2 is 1.90 bits per heavy atom. The van der Waals surface area contributed by atoms with Crippen molar-refractivity contribution in [2.24, 2.45) is 0 Å². The zero-order chi connectivity index (χ0) is 14.5. The summed E-state index contributed by atoms with van der Waals surface area (Å²) in [5.41, 5.74) is 0.828. The molecule has 0 aliphatic heterocycles. The van der Waals surface area contributed by atoms with Crippen molar-refractivity contribution in [2.45, 2.75) is 13.5 Å². The first-order valence-corrected chi connectivity index (χ1v) is 6.60. The molecule has 20 heavy (non-hydrogen) atoms. The van der Waals surface area contributed by atoms with Crippen LogP contribution < -0.4 is 10.1 Å². The topological polar surface area (TPSA) is 21.3 Å². The number of ether oxygens (including phenoxy) is 1. The lowest BCUT2D eigenvalue weighted by atomic mass is 10.2. The van der Waals surface area contributed by atoms with Gasteiger partial charge in [-0.2, -0.15) is 0 Å². The van der Waals surface area contributed by atoms with Crippen molar-refractivity contribution in [3.05, 3.63) is 58.6 Å². The lowest BCUT2D eigenvalue weighted by Gasteiger charge is -2.09. The molecule has 0 aliphatic carbocycles. The average Bonchev–Trinajstić information content (AvgIpc) is 2.43. The van der Waals surface area contributed by atoms with E-state index in [0.717, 1.165) is 12.1 Å². The highest BCUT2D eigenvalue weighted by molar-refractivity contribution is 6.30. The number of rotatable bonds is 5. The van der Waals surface area contributed by atoms with Crippen LogP contribution in [0.5, 0.6) is 11.5 Å². The predicted octanol–water partition coefficient (Wildman–Crippen LogP) is 4.52. The monoisotopic (exact) mass is 297 g/mol. The summed E-state index contributed by atoms with van der Waals surface area (Å²) in [5.74, 6) is -0.649. The minimum Gasteiger partial charge on any atom is -0.454 e. The van der Waals surface area contributed by atoms with Gasteiger partial charge in [-0.15, -0.1) is 0 Å². The van der Waals surface area contributed by atoms with Gasteiger partial charge in [-0.05, 0) is 36.4 Å². The molecule has 0 spiro atoms. The summed E-state index contributed by atoms with van der Waals surface area (Å²) in [5, 5.41) is 3.04. The fraction of sp³-hybridized carbons (Fsp3) is 0.200. The minimum absolute atomic E-state index is 0.0633. The Labute approximate surface area is 121 Å². The molecule has 0 aliphatic rings. The molecular weight excluding hydrogens is 284 g/mol. The maximum atomic E-state index is 13.9. The molecule has 0 saturated heterocycles. The summed E-state index contributed by atoms with van der Waals surface area (Å²) >= 11 is 5.65. The van der Waals surface area contributed by atoms with Gasteiger partial charge in [0.1, 0.15) is 11.6 Å². The first-order valence-electron chi connectivity index (χ1n) is 6.22. The summed E-state index contributed by atoms with van der Waals surface area (Å²) in [6.07, 6.45) is 0. The van der Waals surface area contributed by atoms with E-state index in [1.807, 2.05) is 6.92 Å². The van der Waals surface area contributed by atoms with E-state index in [2.05, 4.69) is 5.32 Å². The molecule has 0 atom stereocenters. The van der Waals surface area contributed by atoms with Gasteiger partial charge >= 0.3 is 0 Å². The van der Waals surface area contributed by atoms with Gasteiger partial charge in [-0.3, -0.25) is 0 Å². The molecule has 2 rings (SSSR count). The van der Waals surface area contributed by atoms with E-state index >= 15 is 0 Å². The molecule has 1 N–H and O–H groups in total. The predicted molar refractivity (Wildman–Crippen MR) is 75.3 cm³/mol. The highest BCUT2D eigenvalue weighted by Gasteiger charge is 2.08. The zero-order valence-corrected chi connectivity index (χ0v) is 11.7. The summed E-state index contributed by atoms with van der Waals surface area (Å²) < 4.78 is 32.3. The van der Waals surface area contributed by atoms with Gasteiger partial charge < -0.3 is 10.1 Å². The van der Waals surface area contributed by atoms with E-state index in [4.69, 9.17) is 16.3 Å². The third-order valence-electron chi connectivity index (χ3n) is 2.69. The van der Waals surface area contributed by atoms with Crippen molar-refractivity contribution < 1.29 is 13.5 Å². The first-order chi connectivity index (χ1) is 9.60. The Bertz CT molecular complexity index is 604. The Kier molecular flexibility index (Phi) is 4.93. The van der Waals surface area contributed by atoms with Crippen LogP contribution in [0.3, 0.4) is 0 Å². The van der Waals surface area contributed by atoms with Crippen molar-refractivity contribution in [3.8, 4) is 11.5 Å². The van der Waals surface area contributed by atoms with Crippen LogP contribution in [-0.4, -0.2) is 6.54 Å². The molecule has 2 nitrogen and oxygen atoms in total. The van der Waals surface area contributed by atoms with Crippen LogP contribution in [0.1, 0.15) is 12.5 Å². The van der Waals surface area contributed by atoms with E-state index in [1.165, 1.54) is 24.3 Å². The number of benzene rings is 2. The van der Waals surface area contributed by atoms with Crippen molar-refractivity contribution in [3.63, 3.8) is 0 Å². The number of nitrogens with one attached hydrogen (secondary N) is 1. The summed E-state index contributed by atoms with van der Waals surface area (Å²) in [6, 6.07) is 8.60. The molecule has 0 unspecified atom stereocenters. The second kappa shape index (κ2) is 6.68. The maximum absolute atomic E-state index is 13.9. The molecule has 2 aromatic carbocycles. The van der Waals surface area contributed by atoms with Crippen LogP contribution in [0, 0.1) is 11.6 Å². The number of hydrogen-bond donors (Lipinski definition) is 1. The molecule has 0 aromatic heterocycles. The van der Waals surface area contributed by atoms with Gasteiger partial charge in [-0.25, -0.2) is 8.78 Å². The van der Waals surface area contributed by atoms with Crippen LogP contribution in [0.4, 0.5) is 8.78 Å². The molecule has 0 fully saturated rings. The van der Waals surface area contributed by atoms with E-state index < -0.39 is 11.6 Å². The fourth-order valence-corrected chi connectivity index (χ4v) is 1.84. The van der Waals surface area contributed by atoms with Crippen LogP contribution >= 0.6 is 11.6 Å². The molecule has 0 heterocycles. The molecule has 106 valence electrons. The van der Waals surface area contributed by atoms with Crippen LogP contribution in [0.25, 0.3) is 0 Å². The lowest BCUT2D eigenvalue weighted by molar-refractivity contribution is 0.440. The van der Waals surface area contributed by atoms with Gasteiger partial charge in [0.25, 0.3) is 0 Å². The first kappa shape index (κ1) is 14.8. The van der Waals surface area contributed by atoms with Crippen LogP contribution in [-0.2, 0) is 6.54 Å². The van der Waals surface area contributed by atoms with E-state index in [-0.39, 0.29) is 16.5 Å². The van der Waals surface area contributed by atoms with Crippen molar-refractivity contribution in [1.29, 1.82) is 0 Å². The third-order valence-corrected chi connectivity index (χ3v) is 2.98. The van der Waals surface area contributed by atoms with E-state index in [9.17, 15) is 8.78 Å². The number of halogens is 3. The van der Waals surface area contributed by atoms with Gasteiger partial charge in [0, 0.05) is 12.6 Å². The molecule has 0 amide bonds. The highest BCUT2D eigenvalue weighted by Crippen LogP contribution is 2.28. The average molecular weight is 298 g/mol. The Balaban J connectivity index is 2.14. The molecule has 2 aromatic rings. The second-order valence-corrected chi connectivity index (χ2v) is 4.63. The minimum atomic E-state index is -0.541. The van der Waals surface area contributed by atoms with Gasteiger partial charge in [-0.1, -0.05) is 24.6 Å². The molecular formula is C15H14ClF2NO. The largest absolute Gasteiger partial charge is 0.454 e. The SMILES string of the molecule is CCNCc1ccc(Oc2ccc(F)c(Cl)c2)c(F)c1. The Hall–Kier alpha value is -1.65. The Morgan fingerprint density at radius 3 is 2.55 bits per heavy atom. The summed E-state index contributed by atoms with van der Waals surface area (Å²) in [4.78, 5) is 0. The fourth-order valence-electron chi connectivity index (χ4n) is 1.67. The lowest BCUT2D eigenvalue weighted by Crippen LogP contribution is -2.11. The summed E-state index contributed by atoms with van der Waals surface area (Å²) in [6.45, 7) is 3.39. The smallest absolute Gasteiger partial charge is 0.166 e. The normalized spacial score (nSPS) is 10.6. The molecule has 0 saturated carbocycles. The van der Waals surface area contributed by atoms with Crippen LogP contribution in [0.2, 0.25) is 5.02 Å². The van der Waals surface area contributed by atoms with E-state index in [0.29, 0.717) is 6.54 Å². The van der Waals surface area contributed by atoms with Gasteiger partial charge in [0.2, 0.25) is 0 Å². The summed E-state index contributed by atoms with van der Waals surface area (Å²) in [7, 11) is 0. The second-order valence-electron chi connectivity index (χ2n) is 4.22.